The highest BCUT2D eigenvalue weighted by Crippen LogP contribution is 2.23. The van der Waals surface area contributed by atoms with Crippen LogP contribution in [0.1, 0.15) is 11.8 Å². The van der Waals surface area contributed by atoms with E-state index in [0.717, 1.165) is 31.0 Å². The van der Waals surface area contributed by atoms with Gasteiger partial charge in [-0.3, -0.25) is 0 Å². The predicted molar refractivity (Wildman–Crippen MR) is 64.2 cm³/mol. The summed E-state index contributed by atoms with van der Waals surface area (Å²) in [5, 5.41) is 4.65. The van der Waals surface area contributed by atoms with Gasteiger partial charge in [0, 0.05) is 19.2 Å². The summed E-state index contributed by atoms with van der Waals surface area (Å²) in [4.78, 5) is 6.75. The molecule has 3 rings (SSSR count). The van der Waals surface area contributed by atoms with Gasteiger partial charge in [0.25, 0.3) is 0 Å². The number of rotatable bonds is 1. The standard InChI is InChI=1S/C11H13ClN4O/c1-15-4-5-17-9(7-15)8-6-10(12)16-11(14-8)2-3-13-16/h2-3,6,9H,4-5,7H2,1H3. The van der Waals surface area contributed by atoms with E-state index in [0.29, 0.717) is 5.15 Å². The van der Waals surface area contributed by atoms with Gasteiger partial charge in [-0.1, -0.05) is 11.6 Å². The maximum Gasteiger partial charge on any atom is 0.157 e. The van der Waals surface area contributed by atoms with Crippen LogP contribution < -0.4 is 0 Å². The number of likely N-dealkylation sites (N-methyl/N-ethyl adjacent to an activating group) is 1. The van der Waals surface area contributed by atoms with Crippen LogP contribution in [0.2, 0.25) is 5.15 Å². The number of hydrogen-bond donors (Lipinski definition) is 0. The summed E-state index contributed by atoms with van der Waals surface area (Å²) in [6.07, 6.45) is 1.68. The highest BCUT2D eigenvalue weighted by molar-refractivity contribution is 6.29. The van der Waals surface area contributed by atoms with Crippen molar-refractivity contribution in [1.82, 2.24) is 19.5 Å². The maximum atomic E-state index is 6.15. The number of aromatic nitrogens is 3. The summed E-state index contributed by atoms with van der Waals surface area (Å²) in [6.45, 7) is 2.53. The van der Waals surface area contributed by atoms with Crippen LogP contribution in [0.3, 0.4) is 0 Å². The SMILES string of the molecule is CN1CCOC(c2cc(Cl)n3nccc3n2)C1. The van der Waals surface area contributed by atoms with Crippen LogP contribution in [-0.2, 0) is 4.74 Å². The molecule has 0 saturated carbocycles. The predicted octanol–water partition coefficient (Wildman–Crippen LogP) is 1.39. The van der Waals surface area contributed by atoms with Gasteiger partial charge in [-0.2, -0.15) is 5.10 Å². The van der Waals surface area contributed by atoms with Crippen molar-refractivity contribution in [1.29, 1.82) is 0 Å². The molecular formula is C11H13ClN4O. The summed E-state index contributed by atoms with van der Waals surface area (Å²) in [5.74, 6) is 0. The zero-order valence-electron chi connectivity index (χ0n) is 9.51. The summed E-state index contributed by atoms with van der Waals surface area (Å²) < 4.78 is 7.33. The monoisotopic (exact) mass is 252 g/mol. The Hall–Kier alpha value is -1.17. The minimum absolute atomic E-state index is 0.00819. The van der Waals surface area contributed by atoms with Crippen LogP contribution >= 0.6 is 11.6 Å². The molecule has 1 aliphatic heterocycles. The summed E-state index contributed by atoms with van der Waals surface area (Å²) >= 11 is 6.15. The molecule has 0 spiro atoms. The van der Waals surface area contributed by atoms with E-state index in [2.05, 4.69) is 22.0 Å². The fourth-order valence-electron chi connectivity index (χ4n) is 2.02. The van der Waals surface area contributed by atoms with Gasteiger partial charge < -0.3 is 9.64 Å². The lowest BCUT2D eigenvalue weighted by atomic mass is 10.2. The molecule has 1 aliphatic rings. The molecule has 1 fully saturated rings. The molecule has 0 bridgehead atoms. The third kappa shape index (κ3) is 2.01. The fraction of sp³-hybridized carbons (Fsp3) is 0.455. The number of morpholine rings is 1. The van der Waals surface area contributed by atoms with Crippen molar-refractivity contribution in [3.05, 3.63) is 29.2 Å². The molecule has 0 N–H and O–H groups in total. The first kappa shape index (κ1) is 11.0. The molecule has 6 heteroatoms. The van der Waals surface area contributed by atoms with Crippen molar-refractivity contribution in [2.45, 2.75) is 6.10 Å². The van der Waals surface area contributed by atoms with E-state index < -0.39 is 0 Å². The van der Waals surface area contributed by atoms with Gasteiger partial charge in [0.2, 0.25) is 0 Å². The molecular weight excluding hydrogens is 240 g/mol. The molecule has 2 aromatic heterocycles. The average Bonchev–Trinajstić information content (AvgIpc) is 2.77. The van der Waals surface area contributed by atoms with E-state index in [-0.39, 0.29) is 6.10 Å². The van der Waals surface area contributed by atoms with E-state index in [1.54, 1.807) is 10.7 Å². The second-order valence-electron chi connectivity index (χ2n) is 4.23. The van der Waals surface area contributed by atoms with Gasteiger partial charge in [-0.25, -0.2) is 9.50 Å². The van der Waals surface area contributed by atoms with E-state index in [4.69, 9.17) is 16.3 Å². The Labute approximate surface area is 104 Å². The minimum Gasteiger partial charge on any atom is -0.369 e. The van der Waals surface area contributed by atoms with Crippen LogP contribution in [0.25, 0.3) is 5.65 Å². The molecule has 0 aromatic carbocycles. The van der Waals surface area contributed by atoms with Crippen molar-refractivity contribution >= 4 is 17.2 Å². The number of ether oxygens (including phenoxy) is 1. The normalized spacial score (nSPS) is 22.1. The number of halogens is 1. The lowest BCUT2D eigenvalue weighted by Gasteiger charge is -2.29. The number of fused-ring (bicyclic) bond motifs is 1. The summed E-state index contributed by atoms with van der Waals surface area (Å²) in [7, 11) is 2.08. The van der Waals surface area contributed by atoms with Crippen molar-refractivity contribution in [3.8, 4) is 0 Å². The van der Waals surface area contributed by atoms with E-state index in [1.165, 1.54) is 0 Å². The van der Waals surface area contributed by atoms with Gasteiger partial charge in [-0.15, -0.1) is 0 Å². The van der Waals surface area contributed by atoms with E-state index in [1.807, 2.05) is 12.1 Å². The third-order valence-corrected chi connectivity index (χ3v) is 3.20. The zero-order valence-corrected chi connectivity index (χ0v) is 10.3. The fourth-order valence-corrected chi connectivity index (χ4v) is 2.26. The first-order valence-corrected chi connectivity index (χ1v) is 5.92. The van der Waals surface area contributed by atoms with Gasteiger partial charge in [0.15, 0.2) is 5.65 Å². The van der Waals surface area contributed by atoms with Crippen molar-refractivity contribution < 1.29 is 4.74 Å². The van der Waals surface area contributed by atoms with Gasteiger partial charge in [-0.05, 0) is 13.1 Å². The summed E-state index contributed by atoms with van der Waals surface area (Å²) in [5.41, 5.74) is 1.62. The molecule has 0 amide bonds. The van der Waals surface area contributed by atoms with E-state index >= 15 is 0 Å². The lowest BCUT2D eigenvalue weighted by molar-refractivity contribution is -0.0230. The molecule has 17 heavy (non-hydrogen) atoms. The maximum absolute atomic E-state index is 6.15. The van der Waals surface area contributed by atoms with Crippen molar-refractivity contribution in [2.75, 3.05) is 26.7 Å². The zero-order chi connectivity index (χ0) is 11.8. The average molecular weight is 253 g/mol. The Morgan fingerprint density at radius 3 is 3.24 bits per heavy atom. The number of hydrogen-bond acceptors (Lipinski definition) is 4. The molecule has 3 heterocycles. The van der Waals surface area contributed by atoms with Gasteiger partial charge >= 0.3 is 0 Å². The Morgan fingerprint density at radius 1 is 1.53 bits per heavy atom. The largest absolute Gasteiger partial charge is 0.369 e. The third-order valence-electron chi connectivity index (χ3n) is 2.94. The van der Waals surface area contributed by atoms with Crippen molar-refractivity contribution in [3.63, 3.8) is 0 Å². The Morgan fingerprint density at radius 2 is 2.41 bits per heavy atom. The Balaban J connectivity index is 1.99. The molecule has 5 nitrogen and oxygen atoms in total. The molecule has 0 radical (unpaired) electrons. The molecule has 1 unspecified atom stereocenters. The topological polar surface area (TPSA) is 42.7 Å². The quantitative estimate of drug-likeness (QED) is 0.720. The first-order valence-electron chi connectivity index (χ1n) is 5.54. The second-order valence-corrected chi connectivity index (χ2v) is 4.61. The molecule has 0 aliphatic carbocycles. The Kier molecular flexibility index (Phi) is 2.74. The smallest absolute Gasteiger partial charge is 0.157 e. The molecule has 1 saturated heterocycles. The molecule has 2 aromatic rings. The summed E-state index contributed by atoms with van der Waals surface area (Å²) in [6, 6.07) is 3.66. The van der Waals surface area contributed by atoms with Crippen LogP contribution in [0, 0.1) is 0 Å². The molecule has 1 atom stereocenters. The highest BCUT2D eigenvalue weighted by Gasteiger charge is 2.21. The first-order chi connectivity index (χ1) is 8.24. The van der Waals surface area contributed by atoms with E-state index in [9.17, 15) is 0 Å². The van der Waals surface area contributed by atoms with Crippen molar-refractivity contribution in [2.24, 2.45) is 0 Å². The van der Waals surface area contributed by atoms with Gasteiger partial charge in [0.05, 0.1) is 18.5 Å². The minimum atomic E-state index is -0.00819. The highest BCUT2D eigenvalue weighted by atomic mass is 35.5. The van der Waals surface area contributed by atoms with Crippen LogP contribution in [0.15, 0.2) is 18.3 Å². The lowest BCUT2D eigenvalue weighted by Crippen LogP contribution is -2.35. The number of nitrogens with zero attached hydrogens (tertiary/aromatic N) is 4. The van der Waals surface area contributed by atoms with Crippen LogP contribution in [0.4, 0.5) is 0 Å². The second kappa shape index (κ2) is 4.25. The van der Waals surface area contributed by atoms with Crippen LogP contribution in [-0.4, -0.2) is 46.2 Å². The van der Waals surface area contributed by atoms with Crippen LogP contribution in [0.5, 0.6) is 0 Å². The molecule has 90 valence electrons. The Bertz CT molecular complexity index is 541. The van der Waals surface area contributed by atoms with Gasteiger partial charge in [0.1, 0.15) is 11.3 Å².